The molecular weight excluding hydrogens is 349 g/mol. The maximum absolute atomic E-state index is 13.5. The van der Waals surface area contributed by atoms with Gasteiger partial charge in [0, 0.05) is 28.3 Å². The van der Waals surface area contributed by atoms with Crippen LogP contribution >= 0.6 is 23.4 Å². The van der Waals surface area contributed by atoms with Crippen molar-refractivity contribution in [3.63, 3.8) is 0 Å². The van der Waals surface area contributed by atoms with Crippen LogP contribution in [0.4, 0.5) is 4.39 Å². The Labute approximate surface area is 149 Å². The fourth-order valence-corrected chi connectivity index (χ4v) is 2.79. The summed E-state index contributed by atoms with van der Waals surface area (Å²) in [6, 6.07) is 12.1. The molecule has 0 saturated heterocycles. The van der Waals surface area contributed by atoms with Crippen molar-refractivity contribution in [2.45, 2.75) is 4.90 Å². The van der Waals surface area contributed by atoms with Crippen LogP contribution in [0.2, 0.25) is 5.02 Å². The van der Waals surface area contributed by atoms with Crippen LogP contribution in [0.1, 0.15) is 5.56 Å². The van der Waals surface area contributed by atoms with E-state index in [0.29, 0.717) is 17.1 Å². The average Bonchev–Trinajstić information content (AvgIpc) is 2.58. The Morgan fingerprint density at radius 3 is 2.71 bits per heavy atom. The summed E-state index contributed by atoms with van der Waals surface area (Å²) in [5, 5.41) is 3.48. The molecule has 2 rings (SSSR count). The third-order valence-corrected chi connectivity index (χ3v) is 4.35. The van der Waals surface area contributed by atoms with Crippen molar-refractivity contribution in [1.82, 2.24) is 5.32 Å². The Morgan fingerprint density at radius 1 is 1.29 bits per heavy atom. The lowest BCUT2D eigenvalue weighted by molar-refractivity contribution is -0.116. The van der Waals surface area contributed by atoms with Gasteiger partial charge in [-0.1, -0.05) is 17.7 Å². The fraction of sp³-hybridized carbons (Fsp3) is 0.167. The number of nitrogens with one attached hydrogen (secondary N) is 1. The molecule has 0 spiro atoms. The monoisotopic (exact) mass is 365 g/mol. The molecule has 3 nitrogen and oxygen atoms in total. The van der Waals surface area contributed by atoms with Gasteiger partial charge in [0.25, 0.3) is 0 Å². The number of ether oxygens (including phenoxy) is 1. The van der Waals surface area contributed by atoms with Gasteiger partial charge in [-0.25, -0.2) is 4.39 Å². The summed E-state index contributed by atoms with van der Waals surface area (Å²) in [5.41, 5.74) is 0.596. The van der Waals surface area contributed by atoms with E-state index in [4.69, 9.17) is 16.3 Å². The van der Waals surface area contributed by atoms with Crippen LogP contribution in [0.3, 0.4) is 0 Å². The molecule has 1 amide bonds. The number of hydrogen-bond acceptors (Lipinski definition) is 3. The van der Waals surface area contributed by atoms with Crippen LogP contribution in [-0.2, 0) is 4.79 Å². The van der Waals surface area contributed by atoms with Crippen molar-refractivity contribution in [3.8, 4) is 5.75 Å². The maximum atomic E-state index is 13.5. The molecule has 0 aromatic heterocycles. The van der Waals surface area contributed by atoms with Gasteiger partial charge in [0.1, 0.15) is 0 Å². The Hall–Kier alpha value is -1.98. The SMILES string of the molecule is COc1ccc(/C=C/C(=O)NCCSc2ccc(Cl)cc2)cc1F. The van der Waals surface area contributed by atoms with E-state index in [2.05, 4.69) is 5.32 Å². The van der Waals surface area contributed by atoms with Crippen LogP contribution < -0.4 is 10.1 Å². The van der Waals surface area contributed by atoms with E-state index >= 15 is 0 Å². The van der Waals surface area contributed by atoms with Crippen molar-refractivity contribution in [1.29, 1.82) is 0 Å². The Kier molecular flexibility index (Phi) is 7.15. The van der Waals surface area contributed by atoms with Crippen molar-refractivity contribution < 1.29 is 13.9 Å². The Bertz CT molecular complexity index is 719. The zero-order valence-electron chi connectivity index (χ0n) is 13.1. The molecule has 0 aliphatic carbocycles. The summed E-state index contributed by atoms with van der Waals surface area (Å²) >= 11 is 7.45. The summed E-state index contributed by atoms with van der Waals surface area (Å²) in [5.74, 6) is 0.247. The molecule has 0 aliphatic heterocycles. The highest BCUT2D eigenvalue weighted by molar-refractivity contribution is 7.99. The van der Waals surface area contributed by atoms with E-state index < -0.39 is 5.82 Å². The number of amides is 1. The molecule has 24 heavy (non-hydrogen) atoms. The minimum absolute atomic E-state index is 0.177. The molecule has 2 aromatic carbocycles. The van der Waals surface area contributed by atoms with Crippen LogP contribution in [0.25, 0.3) is 6.08 Å². The van der Waals surface area contributed by atoms with Gasteiger partial charge in [0.15, 0.2) is 11.6 Å². The first-order valence-electron chi connectivity index (χ1n) is 7.26. The molecule has 0 heterocycles. The van der Waals surface area contributed by atoms with Gasteiger partial charge in [-0.3, -0.25) is 4.79 Å². The van der Waals surface area contributed by atoms with Gasteiger partial charge in [-0.05, 0) is 48.0 Å². The number of thioether (sulfide) groups is 1. The molecule has 0 saturated carbocycles. The van der Waals surface area contributed by atoms with E-state index in [9.17, 15) is 9.18 Å². The smallest absolute Gasteiger partial charge is 0.244 e. The van der Waals surface area contributed by atoms with Gasteiger partial charge >= 0.3 is 0 Å². The van der Waals surface area contributed by atoms with E-state index in [-0.39, 0.29) is 11.7 Å². The summed E-state index contributed by atoms with van der Waals surface area (Å²) < 4.78 is 18.4. The van der Waals surface area contributed by atoms with E-state index in [1.807, 2.05) is 24.3 Å². The van der Waals surface area contributed by atoms with E-state index in [0.717, 1.165) is 10.6 Å². The topological polar surface area (TPSA) is 38.3 Å². The Morgan fingerprint density at radius 2 is 2.04 bits per heavy atom. The predicted molar refractivity (Wildman–Crippen MR) is 97.2 cm³/mol. The van der Waals surface area contributed by atoms with Gasteiger partial charge in [-0.2, -0.15) is 0 Å². The largest absolute Gasteiger partial charge is 0.494 e. The van der Waals surface area contributed by atoms with Crippen molar-refractivity contribution in [2.75, 3.05) is 19.4 Å². The fourth-order valence-electron chi connectivity index (χ4n) is 1.89. The van der Waals surface area contributed by atoms with Crippen LogP contribution in [0, 0.1) is 5.82 Å². The van der Waals surface area contributed by atoms with Crippen molar-refractivity contribution >= 4 is 35.3 Å². The number of benzene rings is 2. The maximum Gasteiger partial charge on any atom is 0.244 e. The minimum atomic E-state index is -0.459. The molecule has 0 atom stereocenters. The van der Waals surface area contributed by atoms with E-state index in [1.165, 1.54) is 25.3 Å². The van der Waals surface area contributed by atoms with Crippen molar-refractivity contribution in [2.24, 2.45) is 0 Å². The normalized spacial score (nSPS) is 10.8. The van der Waals surface area contributed by atoms with Gasteiger partial charge in [-0.15, -0.1) is 11.8 Å². The van der Waals surface area contributed by atoms with Gasteiger partial charge < -0.3 is 10.1 Å². The highest BCUT2D eigenvalue weighted by atomic mass is 35.5. The number of rotatable bonds is 7. The molecule has 6 heteroatoms. The number of carbonyl (C=O) groups excluding carboxylic acids is 1. The molecular formula is C18H17ClFNO2S. The molecule has 0 bridgehead atoms. The summed E-state index contributed by atoms with van der Waals surface area (Å²) in [4.78, 5) is 12.8. The Balaban J connectivity index is 1.74. The van der Waals surface area contributed by atoms with Crippen molar-refractivity contribution in [3.05, 3.63) is 64.9 Å². The van der Waals surface area contributed by atoms with Crippen LogP contribution in [0.15, 0.2) is 53.4 Å². The van der Waals surface area contributed by atoms with E-state index in [1.54, 1.807) is 23.9 Å². The highest BCUT2D eigenvalue weighted by Gasteiger charge is 2.02. The first-order valence-corrected chi connectivity index (χ1v) is 8.62. The van der Waals surface area contributed by atoms with Gasteiger partial charge in [0.2, 0.25) is 5.91 Å². The lowest BCUT2D eigenvalue weighted by Crippen LogP contribution is -2.23. The standard InChI is InChI=1S/C18H17ClFNO2S/c1-23-17-8-2-13(12-16(17)20)3-9-18(22)21-10-11-24-15-6-4-14(19)5-7-15/h2-9,12H,10-11H2,1H3,(H,21,22)/b9-3+. The lowest BCUT2D eigenvalue weighted by Gasteiger charge is -2.03. The lowest BCUT2D eigenvalue weighted by atomic mass is 10.2. The third kappa shape index (κ3) is 5.91. The molecule has 0 unspecified atom stereocenters. The molecule has 1 N–H and O–H groups in total. The summed E-state index contributed by atoms with van der Waals surface area (Å²) in [6.45, 7) is 0.535. The first-order chi connectivity index (χ1) is 11.6. The molecule has 0 fully saturated rings. The minimum Gasteiger partial charge on any atom is -0.494 e. The second-order valence-corrected chi connectivity index (χ2v) is 6.43. The number of carbonyl (C=O) groups is 1. The molecule has 0 radical (unpaired) electrons. The van der Waals surface area contributed by atoms with Gasteiger partial charge in [0.05, 0.1) is 7.11 Å². The quantitative estimate of drug-likeness (QED) is 0.448. The number of methoxy groups -OCH3 is 1. The first kappa shape index (κ1) is 18.4. The zero-order valence-corrected chi connectivity index (χ0v) is 14.7. The molecule has 126 valence electrons. The van der Waals surface area contributed by atoms with Crippen LogP contribution in [-0.4, -0.2) is 25.3 Å². The second kappa shape index (κ2) is 9.35. The van der Waals surface area contributed by atoms with Crippen LogP contribution in [0.5, 0.6) is 5.75 Å². The second-order valence-electron chi connectivity index (χ2n) is 4.82. The third-order valence-electron chi connectivity index (χ3n) is 3.09. The number of hydrogen-bond donors (Lipinski definition) is 1. The predicted octanol–water partition coefficient (Wildman–Crippen LogP) is 4.41. The average molecular weight is 366 g/mol. The number of halogens is 2. The zero-order chi connectivity index (χ0) is 17.4. The highest BCUT2D eigenvalue weighted by Crippen LogP contribution is 2.20. The molecule has 0 aliphatic rings. The summed E-state index contributed by atoms with van der Waals surface area (Å²) in [6.07, 6.45) is 2.94. The summed E-state index contributed by atoms with van der Waals surface area (Å²) in [7, 11) is 1.41. The molecule has 2 aromatic rings.